The average molecular weight is 268 g/mol. The molecule has 1 aromatic heterocycles. The van der Waals surface area contributed by atoms with Crippen molar-refractivity contribution in [3.8, 4) is 0 Å². The van der Waals surface area contributed by atoms with Crippen molar-refractivity contribution in [2.24, 2.45) is 0 Å². The standard InChI is InChI=1S/C11H16N4O2S/c1-4-6-15(8(3)16)7-9(17)12-11-14-13-10(5-2)18-11/h4H,1,5-7H2,2-3H3,(H,12,14,17). The van der Waals surface area contributed by atoms with E-state index in [1.807, 2.05) is 6.92 Å². The highest BCUT2D eigenvalue weighted by atomic mass is 32.1. The number of hydrogen-bond acceptors (Lipinski definition) is 5. The zero-order chi connectivity index (χ0) is 13.5. The van der Waals surface area contributed by atoms with E-state index in [2.05, 4.69) is 22.1 Å². The molecule has 1 N–H and O–H groups in total. The van der Waals surface area contributed by atoms with Gasteiger partial charge in [0.1, 0.15) is 11.6 Å². The van der Waals surface area contributed by atoms with Gasteiger partial charge in [-0.2, -0.15) is 0 Å². The second-order valence-corrected chi connectivity index (χ2v) is 4.65. The number of carbonyl (C=O) groups is 2. The van der Waals surface area contributed by atoms with Crippen LogP contribution in [0.25, 0.3) is 0 Å². The van der Waals surface area contributed by atoms with Crippen LogP contribution in [-0.2, 0) is 16.0 Å². The Morgan fingerprint density at radius 2 is 2.22 bits per heavy atom. The smallest absolute Gasteiger partial charge is 0.245 e. The molecule has 1 rings (SSSR count). The second kappa shape index (κ2) is 6.85. The first-order valence-electron chi connectivity index (χ1n) is 5.55. The van der Waals surface area contributed by atoms with E-state index in [0.29, 0.717) is 11.7 Å². The molecule has 0 spiro atoms. The quantitative estimate of drug-likeness (QED) is 0.783. The highest BCUT2D eigenvalue weighted by Gasteiger charge is 2.13. The normalized spacial score (nSPS) is 9.89. The van der Waals surface area contributed by atoms with E-state index >= 15 is 0 Å². The molecule has 0 radical (unpaired) electrons. The Morgan fingerprint density at radius 3 is 2.72 bits per heavy atom. The minimum atomic E-state index is -0.286. The van der Waals surface area contributed by atoms with Gasteiger partial charge in [0, 0.05) is 13.5 Å². The third-order valence-electron chi connectivity index (χ3n) is 2.14. The van der Waals surface area contributed by atoms with Gasteiger partial charge in [-0.15, -0.1) is 16.8 Å². The monoisotopic (exact) mass is 268 g/mol. The molecular formula is C11H16N4O2S. The van der Waals surface area contributed by atoms with E-state index in [9.17, 15) is 9.59 Å². The van der Waals surface area contributed by atoms with Crippen LogP contribution in [0.2, 0.25) is 0 Å². The lowest BCUT2D eigenvalue weighted by molar-refractivity contribution is -0.132. The minimum absolute atomic E-state index is 0.0115. The van der Waals surface area contributed by atoms with Crippen LogP contribution >= 0.6 is 11.3 Å². The maximum atomic E-state index is 11.7. The van der Waals surface area contributed by atoms with Gasteiger partial charge in [-0.25, -0.2) is 0 Å². The fourth-order valence-electron chi connectivity index (χ4n) is 1.24. The number of aromatic nitrogens is 2. The summed E-state index contributed by atoms with van der Waals surface area (Å²) in [5.41, 5.74) is 0. The summed E-state index contributed by atoms with van der Waals surface area (Å²) in [6.07, 6.45) is 2.36. The lowest BCUT2D eigenvalue weighted by Gasteiger charge is -2.17. The van der Waals surface area contributed by atoms with E-state index in [1.165, 1.54) is 23.2 Å². The van der Waals surface area contributed by atoms with Crippen LogP contribution in [0.15, 0.2) is 12.7 Å². The van der Waals surface area contributed by atoms with Gasteiger partial charge >= 0.3 is 0 Å². The first-order chi connectivity index (χ1) is 8.56. The predicted octanol–water partition coefficient (Wildman–Crippen LogP) is 1.07. The highest BCUT2D eigenvalue weighted by Crippen LogP contribution is 2.15. The second-order valence-electron chi connectivity index (χ2n) is 3.59. The van der Waals surface area contributed by atoms with Crippen molar-refractivity contribution in [1.29, 1.82) is 0 Å². The fraction of sp³-hybridized carbons (Fsp3) is 0.455. The number of rotatable bonds is 6. The molecular weight excluding hydrogens is 252 g/mol. The van der Waals surface area contributed by atoms with E-state index in [4.69, 9.17) is 0 Å². The summed E-state index contributed by atoms with van der Waals surface area (Å²) < 4.78 is 0. The molecule has 6 nitrogen and oxygen atoms in total. The van der Waals surface area contributed by atoms with Gasteiger partial charge in [-0.05, 0) is 6.42 Å². The molecule has 1 heterocycles. The lowest BCUT2D eigenvalue weighted by Crippen LogP contribution is -2.36. The Kier molecular flexibility index (Phi) is 5.44. The third-order valence-corrected chi connectivity index (χ3v) is 3.13. The van der Waals surface area contributed by atoms with Crippen molar-refractivity contribution < 1.29 is 9.59 Å². The Hall–Kier alpha value is -1.76. The first kappa shape index (κ1) is 14.3. The van der Waals surface area contributed by atoms with Crippen LogP contribution in [0.4, 0.5) is 5.13 Å². The largest absolute Gasteiger partial charge is 0.330 e. The maximum absolute atomic E-state index is 11.7. The SMILES string of the molecule is C=CCN(CC(=O)Nc1nnc(CC)s1)C(C)=O. The van der Waals surface area contributed by atoms with Crippen LogP contribution in [-0.4, -0.2) is 40.0 Å². The van der Waals surface area contributed by atoms with E-state index in [0.717, 1.165) is 11.4 Å². The van der Waals surface area contributed by atoms with Crippen molar-refractivity contribution in [3.63, 3.8) is 0 Å². The molecule has 7 heteroatoms. The zero-order valence-electron chi connectivity index (χ0n) is 10.5. The van der Waals surface area contributed by atoms with E-state index in [1.54, 1.807) is 6.08 Å². The summed E-state index contributed by atoms with van der Waals surface area (Å²) >= 11 is 1.33. The molecule has 0 fully saturated rings. The summed E-state index contributed by atoms with van der Waals surface area (Å²) in [6.45, 7) is 7.26. The summed E-state index contributed by atoms with van der Waals surface area (Å²) in [4.78, 5) is 24.3. The Labute approximate surface area is 110 Å². The first-order valence-corrected chi connectivity index (χ1v) is 6.37. The third kappa shape index (κ3) is 4.25. The molecule has 1 aromatic rings. The van der Waals surface area contributed by atoms with Gasteiger partial charge in [-0.3, -0.25) is 14.9 Å². The van der Waals surface area contributed by atoms with Crippen molar-refractivity contribution >= 4 is 28.3 Å². The Balaban J connectivity index is 2.54. The van der Waals surface area contributed by atoms with Crippen LogP contribution in [0, 0.1) is 0 Å². The molecule has 0 aliphatic rings. The van der Waals surface area contributed by atoms with Crippen LogP contribution < -0.4 is 5.32 Å². The van der Waals surface area contributed by atoms with Crippen LogP contribution in [0.5, 0.6) is 0 Å². The number of amides is 2. The van der Waals surface area contributed by atoms with Crippen LogP contribution in [0.1, 0.15) is 18.9 Å². The molecule has 18 heavy (non-hydrogen) atoms. The Bertz CT molecular complexity index is 444. The number of hydrogen-bond donors (Lipinski definition) is 1. The summed E-state index contributed by atoms with van der Waals surface area (Å²) in [5.74, 6) is -0.456. The fourth-order valence-corrected chi connectivity index (χ4v) is 1.94. The lowest BCUT2D eigenvalue weighted by atomic mass is 10.4. The van der Waals surface area contributed by atoms with Gasteiger partial charge < -0.3 is 4.90 Å². The molecule has 0 bridgehead atoms. The highest BCUT2D eigenvalue weighted by molar-refractivity contribution is 7.15. The minimum Gasteiger partial charge on any atom is -0.330 e. The molecule has 0 aromatic carbocycles. The van der Waals surface area contributed by atoms with Gasteiger partial charge in [-0.1, -0.05) is 24.3 Å². The van der Waals surface area contributed by atoms with Gasteiger partial charge in [0.2, 0.25) is 16.9 Å². The number of nitrogens with one attached hydrogen (secondary N) is 1. The molecule has 0 saturated carbocycles. The Morgan fingerprint density at radius 1 is 1.50 bits per heavy atom. The molecule has 2 amide bonds. The topological polar surface area (TPSA) is 75.2 Å². The van der Waals surface area contributed by atoms with E-state index < -0.39 is 0 Å². The van der Waals surface area contributed by atoms with E-state index in [-0.39, 0.29) is 18.4 Å². The average Bonchev–Trinajstić information content (AvgIpc) is 2.76. The zero-order valence-corrected chi connectivity index (χ0v) is 11.3. The van der Waals surface area contributed by atoms with Crippen molar-refractivity contribution in [2.75, 3.05) is 18.4 Å². The van der Waals surface area contributed by atoms with Gasteiger partial charge in [0.05, 0.1) is 0 Å². The van der Waals surface area contributed by atoms with Crippen molar-refractivity contribution in [3.05, 3.63) is 17.7 Å². The summed E-state index contributed by atoms with van der Waals surface area (Å²) in [7, 11) is 0. The molecule has 0 saturated heterocycles. The molecule has 0 aliphatic heterocycles. The summed E-state index contributed by atoms with van der Waals surface area (Å²) in [5, 5.41) is 11.7. The molecule has 0 atom stereocenters. The molecule has 98 valence electrons. The summed E-state index contributed by atoms with van der Waals surface area (Å²) in [6, 6.07) is 0. The molecule has 0 aliphatic carbocycles. The van der Waals surface area contributed by atoms with Gasteiger partial charge in [0.15, 0.2) is 0 Å². The van der Waals surface area contributed by atoms with Crippen LogP contribution in [0.3, 0.4) is 0 Å². The van der Waals surface area contributed by atoms with Crippen molar-refractivity contribution in [1.82, 2.24) is 15.1 Å². The van der Waals surface area contributed by atoms with Gasteiger partial charge in [0.25, 0.3) is 0 Å². The molecule has 0 unspecified atom stereocenters. The van der Waals surface area contributed by atoms with Crippen molar-refractivity contribution in [2.45, 2.75) is 20.3 Å². The number of nitrogens with zero attached hydrogens (tertiary/aromatic N) is 3. The number of carbonyl (C=O) groups excluding carboxylic acids is 2. The number of anilines is 1. The number of aryl methyl sites for hydroxylation is 1. The maximum Gasteiger partial charge on any atom is 0.245 e. The predicted molar refractivity (Wildman–Crippen MR) is 70.4 cm³/mol.